The molecule has 0 saturated carbocycles. The molecule has 1 aromatic carbocycles. The molecular weight excluding hydrogens is 350 g/mol. The first-order valence-electron chi connectivity index (χ1n) is 10.0. The third-order valence-electron chi connectivity index (χ3n) is 5.69. The summed E-state index contributed by atoms with van der Waals surface area (Å²) in [6, 6.07) is 4.07. The zero-order chi connectivity index (χ0) is 19.2. The molecule has 0 aromatic heterocycles. The predicted molar refractivity (Wildman–Crippen MR) is 99.0 cm³/mol. The number of carbonyl (C=O) groups is 2. The normalized spacial score (nSPS) is 20.4. The number of amides is 2. The molecule has 0 radical (unpaired) electrons. The second kappa shape index (κ2) is 9.29. The number of hydrogen-bond donors (Lipinski definition) is 0. The van der Waals surface area contributed by atoms with E-state index in [1.807, 2.05) is 9.80 Å². The second-order valence-corrected chi connectivity index (χ2v) is 7.72. The minimum atomic E-state index is -0.816. The Kier molecular flexibility index (Phi) is 6.80. The highest BCUT2D eigenvalue weighted by Crippen LogP contribution is 2.23. The van der Waals surface area contributed by atoms with Crippen LogP contribution in [0.25, 0.3) is 0 Å². The zero-order valence-corrected chi connectivity index (χ0v) is 15.8. The summed E-state index contributed by atoms with van der Waals surface area (Å²) in [6.45, 7) is 3.04. The fourth-order valence-corrected chi connectivity index (χ4v) is 4.11. The molecule has 1 atom stereocenters. The van der Waals surface area contributed by atoms with E-state index in [1.54, 1.807) is 6.07 Å². The first-order valence-corrected chi connectivity index (χ1v) is 10.0. The third-order valence-corrected chi connectivity index (χ3v) is 5.69. The Morgan fingerprint density at radius 1 is 1.15 bits per heavy atom. The van der Waals surface area contributed by atoms with Crippen LogP contribution in [-0.4, -0.2) is 47.8 Å². The summed E-state index contributed by atoms with van der Waals surface area (Å²) < 4.78 is 26.3. The lowest BCUT2D eigenvalue weighted by Crippen LogP contribution is -2.40. The van der Waals surface area contributed by atoms with Gasteiger partial charge in [0.25, 0.3) is 0 Å². The molecule has 0 unspecified atom stereocenters. The molecule has 2 saturated heterocycles. The minimum Gasteiger partial charge on any atom is -0.343 e. The Bertz CT molecular complexity index is 680. The Morgan fingerprint density at radius 2 is 2.00 bits per heavy atom. The first kappa shape index (κ1) is 19.8. The number of halogens is 2. The van der Waals surface area contributed by atoms with Crippen molar-refractivity contribution >= 4 is 11.8 Å². The molecule has 0 aliphatic carbocycles. The van der Waals surface area contributed by atoms with Gasteiger partial charge in [-0.3, -0.25) is 9.59 Å². The lowest BCUT2D eigenvalue weighted by atomic mass is 9.91. The minimum absolute atomic E-state index is 0.166. The van der Waals surface area contributed by atoms with Crippen LogP contribution in [0.4, 0.5) is 8.78 Å². The van der Waals surface area contributed by atoms with E-state index >= 15 is 0 Å². The summed E-state index contributed by atoms with van der Waals surface area (Å²) in [5.74, 6) is -0.846. The molecule has 0 bridgehead atoms. The fraction of sp³-hybridized carbons (Fsp3) is 0.619. The summed E-state index contributed by atoms with van der Waals surface area (Å²) >= 11 is 0. The molecule has 2 aliphatic heterocycles. The van der Waals surface area contributed by atoms with Crippen molar-refractivity contribution in [2.24, 2.45) is 5.92 Å². The van der Waals surface area contributed by atoms with Gasteiger partial charge in [-0.05, 0) is 62.1 Å². The SMILES string of the molecule is O=C1CCCN1CCCC(=O)N1CCC[C@H](CCc2ccc(F)c(F)c2)C1. The van der Waals surface area contributed by atoms with Gasteiger partial charge in [0.05, 0.1) is 0 Å². The van der Waals surface area contributed by atoms with Gasteiger partial charge >= 0.3 is 0 Å². The van der Waals surface area contributed by atoms with Crippen molar-refractivity contribution in [2.75, 3.05) is 26.2 Å². The van der Waals surface area contributed by atoms with Crippen LogP contribution < -0.4 is 0 Å². The average Bonchev–Trinajstić information content (AvgIpc) is 3.08. The van der Waals surface area contributed by atoms with Gasteiger partial charge in [0.2, 0.25) is 11.8 Å². The number of piperidine rings is 1. The van der Waals surface area contributed by atoms with Gasteiger partial charge in [-0.15, -0.1) is 0 Å². The van der Waals surface area contributed by atoms with Crippen LogP contribution in [0.5, 0.6) is 0 Å². The fourth-order valence-electron chi connectivity index (χ4n) is 4.11. The van der Waals surface area contributed by atoms with Crippen molar-refractivity contribution < 1.29 is 18.4 Å². The standard InChI is InChI=1S/C21H28F2N2O2/c22-18-10-9-16(14-19(18)23)7-8-17-4-1-13-25(15-17)21(27)6-3-12-24-11-2-5-20(24)26/h9-10,14,17H,1-8,11-13,15H2/t17-/m1/s1. The molecule has 4 nitrogen and oxygen atoms in total. The van der Waals surface area contributed by atoms with E-state index in [2.05, 4.69) is 0 Å². The maximum Gasteiger partial charge on any atom is 0.222 e. The van der Waals surface area contributed by atoms with E-state index in [0.29, 0.717) is 31.7 Å². The Labute approximate surface area is 159 Å². The van der Waals surface area contributed by atoms with Crippen LogP contribution >= 0.6 is 0 Å². The van der Waals surface area contributed by atoms with Crippen molar-refractivity contribution in [3.8, 4) is 0 Å². The molecule has 3 rings (SSSR count). The Morgan fingerprint density at radius 3 is 2.74 bits per heavy atom. The number of likely N-dealkylation sites (tertiary alicyclic amines) is 2. The number of benzene rings is 1. The maximum absolute atomic E-state index is 13.3. The van der Waals surface area contributed by atoms with Crippen LogP contribution in [-0.2, 0) is 16.0 Å². The molecule has 1 aromatic rings. The quantitative estimate of drug-likeness (QED) is 0.728. The number of hydrogen-bond acceptors (Lipinski definition) is 2. The van der Waals surface area contributed by atoms with E-state index in [4.69, 9.17) is 0 Å². The molecular formula is C21H28F2N2O2. The molecule has 0 spiro atoms. The van der Waals surface area contributed by atoms with Gasteiger partial charge in [-0.1, -0.05) is 6.07 Å². The van der Waals surface area contributed by atoms with E-state index < -0.39 is 11.6 Å². The predicted octanol–water partition coefficient (Wildman–Crippen LogP) is 3.54. The second-order valence-electron chi connectivity index (χ2n) is 7.72. The third kappa shape index (κ3) is 5.50. The molecule has 27 heavy (non-hydrogen) atoms. The molecule has 6 heteroatoms. The van der Waals surface area contributed by atoms with Crippen LogP contribution in [0, 0.1) is 17.6 Å². The number of aryl methyl sites for hydroxylation is 1. The summed E-state index contributed by atoms with van der Waals surface area (Å²) in [6.07, 6.45) is 6.39. The van der Waals surface area contributed by atoms with Gasteiger partial charge in [0.15, 0.2) is 11.6 Å². The van der Waals surface area contributed by atoms with Gasteiger partial charge in [0.1, 0.15) is 0 Å². The molecule has 148 valence electrons. The smallest absolute Gasteiger partial charge is 0.222 e. The van der Waals surface area contributed by atoms with Crippen molar-refractivity contribution in [1.29, 1.82) is 0 Å². The van der Waals surface area contributed by atoms with E-state index in [9.17, 15) is 18.4 Å². The lowest BCUT2D eigenvalue weighted by molar-refractivity contribution is -0.134. The molecule has 0 N–H and O–H groups in total. The summed E-state index contributed by atoms with van der Waals surface area (Å²) in [5.41, 5.74) is 0.799. The van der Waals surface area contributed by atoms with Gasteiger partial charge < -0.3 is 9.80 Å². The summed E-state index contributed by atoms with van der Waals surface area (Å²) in [4.78, 5) is 27.9. The summed E-state index contributed by atoms with van der Waals surface area (Å²) in [5, 5.41) is 0. The van der Waals surface area contributed by atoms with E-state index in [1.165, 1.54) is 12.1 Å². The summed E-state index contributed by atoms with van der Waals surface area (Å²) in [7, 11) is 0. The molecule has 2 fully saturated rings. The Balaban J connectivity index is 1.40. The molecule has 2 amide bonds. The zero-order valence-electron chi connectivity index (χ0n) is 15.8. The van der Waals surface area contributed by atoms with Crippen LogP contribution in [0.15, 0.2) is 18.2 Å². The Hall–Kier alpha value is -1.98. The highest BCUT2D eigenvalue weighted by atomic mass is 19.2. The molecule has 2 heterocycles. The van der Waals surface area contributed by atoms with Gasteiger partial charge in [-0.25, -0.2) is 8.78 Å². The van der Waals surface area contributed by atoms with Crippen molar-refractivity contribution in [3.63, 3.8) is 0 Å². The number of nitrogens with zero attached hydrogens (tertiary/aromatic N) is 2. The van der Waals surface area contributed by atoms with Gasteiger partial charge in [-0.2, -0.15) is 0 Å². The van der Waals surface area contributed by atoms with Crippen LogP contribution in [0.3, 0.4) is 0 Å². The van der Waals surface area contributed by atoms with Crippen LogP contribution in [0.2, 0.25) is 0 Å². The lowest BCUT2D eigenvalue weighted by Gasteiger charge is -2.33. The highest BCUT2D eigenvalue weighted by molar-refractivity contribution is 5.78. The van der Waals surface area contributed by atoms with Crippen molar-refractivity contribution in [1.82, 2.24) is 9.80 Å². The topological polar surface area (TPSA) is 40.6 Å². The largest absolute Gasteiger partial charge is 0.343 e. The van der Waals surface area contributed by atoms with E-state index in [0.717, 1.165) is 57.3 Å². The number of rotatable bonds is 7. The first-order chi connectivity index (χ1) is 13.0. The number of carbonyl (C=O) groups excluding carboxylic acids is 2. The van der Waals surface area contributed by atoms with E-state index in [-0.39, 0.29) is 11.8 Å². The molecule has 2 aliphatic rings. The monoisotopic (exact) mass is 378 g/mol. The maximum atomic E-state index is 13.3. The van der Waals surface area contributed by atoms with Crippen LogP contribution in [0.1, 0.15) is 50.5 Å². The van der Waals surface area contributed by atoms with Crippen molar-refractivity contribution in [2.45, 2.75) is 51.4 Å². The van der Waals surface area contributed by atoms with Crippen molar-refractivity contribution in [3.05, 3.63) is 35.4 Å². The van der Waals surface area contributed by atoms with Gasteiger partial charge in [0, 0.05) is 39.0 Å². The average molecular weight is 378 g/mol. The highest BCUT2D eigenvalue weighted by Gasteiger charge is 2.24.